The van der Waals surface area contributed by atoms with E-state index in [1.165, 1.54) is 12.1 Å². The minimum Gasteiger partial charge on any atom is -0.486 e. The van der Waals surface area contributed by atoms with E-state index in [0.29, 0.717) is 29.7 Å². The van der Waals surface area contributed by atoms with Gasteiger partial charge in [0.15, 0.2) is 11.5 Å². The Morgan fingerprint density at radius 1 is 1.12 bits per heavy atom. The molecule has 0 radical (unpaired) electrons. The number of sulfonamides is 1. The van der Waals surface area contributed by atoms with Crippen molar-refractivity contribution >= 4 is 21.6 Å². The number of nitrogens with one attached hydrogen (secondary N) is 1. The van der Waals surface area contributed by atoms with Crippen LogP contribution in [-0.4, -0.2) is 58.6 Å². The Bertz CT molecular complexity index is 1110. The molecule has 4 rings (SSSR count). The molecule has 0 bridgehead atoms. The second-order valence-electron chi connectivity index (χ2n) is 8.26. The SMILES string of the molecule is O=S(=O)(NCC1CCN(C[C@H]2COc3ccc(Cl)cc3O2)CC1)c1cccc(OC(F)(F)F)c1. The Balaban J connectivity index is 1.24. The van der Waals surface area contributed by atoms with Gasteiger partial charge in [-0.25, -0.2) is 13.1 Å². The number of rotatable bonds is 7. The van der Waals surface area contributed by atoms with Gasteiger partial charge in [-0.1, -0.05) is 17.7 Å². The molecule has 0 saturated carbocycles. The van der Waals surface area contributed by atoms with E-state index in [9.17, 15) is 21.6 Å². The highest BCUT2D eigenvalue weighted by atomic mass is 35.5. The minimum atomic E-state index is -4.89. The van der Waals surface area contributed by atoms with E-state index >= 15 is 0 Å². The highest BCUT2D eigenvalue weighted by Gasteiger charge is 2.32. The van der Waals surface area contributed by atoms with Gasteiger partial charge in [-0.05, 0) is 56.1 Å². The number of benzene rings is 2. The van der Waals surface area contributed by atoms with Gasteiger partial charge in [0, 0.05) is 30.2 Å². The second kappa shape index (κ2) is 10.2. The maximum Gasteiger partial charge on any atom is 0.573 e. The molecule has 2 aliphatic rings. The summed E-state index contributed by atoms with van der Waals surface area (Å²) in [5.74, 6) is 0.825. The van der Waals surface area contributed by atoms with E-state index in [0.717, 1.165) is 38.1 Å². The van der Waals surface area contributed by atoms with Crippen molar-refractivity contribution in [3.8, 4) is 17.2 Å². The van der Waals surface area contributed by atoms with Crippen LogP contribution >= 0.6 is 11.6 Å². The molecule has 0 amide bonds. The van der Waals surface area contributed by atoms with Gasteiger partial charge >= 0.3 is 6.36 Å². The molecular formula is C22H24ClF3N2O5S. The monoisotopic (exact) mass is 520 g/mol. The number of ether oxygens (including phenoxy) is 3. The van der Waals surface area contributed by atoms with Crippen LogP contribution in [0.4, 0.5) is 13.2 Å². The van der Waals surface area contributed by atoms with E-state index in [-0.39, 0.29) is 23.5 Å². The summed E-state index contributed by atoms with van der Waals surface area (Å²) >= 11 is 6.02. The first-order valence-corrected chi connectivity index (χ1v) is 12.6. The lowest BCUT2D eigenvalue weighted by Gasteiger charge is -2.35. The minimum absolute atomic E-state index is 0.115. The van der Waals surface area contributed by atoms with Gasteiger partial charge in [-0.2, -0.15) is 0 Å². The number of nitrogens with zero attached hydrogens (tertiary/aromatic N) is 1. The number of hydrogen-bond donors (Lipinski definition) is 1. The Kier molecular flexibility index (Phi) is 7.46. The maximum atomic E-state index is 12.5. The van der Waals surface area contributed by atoms with Crippen LogP contribution in [0.5, 0.6) is 17.2 Å². The molecule has 1 N–H and O–H groups in total. The standard InChI is InChI=1S/C22H24ClF3N2O5S/c23-16-4-5-20-21(10-16)32-18(14-31-20)13-28-8-6-15(7-9-28)12-27-34(29,30)19-3-1-2-17(11-19)33-22(24,25)26/h1-5,10-11,15,18,27H,6-9,12-14H2/t18-/m0/s1. The quantitative estimate of drug-likeness (QED) is 0.593. The largest absolute Gasteiger partial charge is 0.573 e. The molecule has 1 saturated heterocycles. The molecule has 2 aromatic rings. The zero-order valence-corrected chi connectivity index (χ0v) is 19.6. The highest BCUT2D eigenvalue weighted by Crippen LogP contribution is 2.34. The van der Waals surface area contributed by atoms with Gasteiger partial charge in [0.25, 0.3) is 0 Å². The molecule has 0 aromatic heterocycles. The van der Waals surface area contributed by atoms with Gasteiger partial charge in [0.1, 0.15) is 18.5 Å². The van der Waals surface area contributed by atoms with Crippen LogP contribution in [0.1, 0.15) is 12.8 Å². The van der Waals surface area contributed by atoms with Crippen molar-refractivity contribution in [1.29, 1.82) is 0 Å². The molecule has 0 aliphatic carbocycles. The summed E-state index contributed by atoms with van der Waals surface area (Å²) < 4.78 is 80.4. The Morgan fingerprint density at radius 2 is 1.88 bits per heavy atom. The zero-order chi connectivity index (χ0) is 24.3. The summed E-state index contributed by atoms with van der Waals surface area (Å²) in [5, 5.41) is 0.575. The van der Waals surface area contributed by atoms with E-state index in [1.807, 2.05) is 0 Å². The smallest absolute Gasteiger partial charge is 0.486 e. The van der Waals surface area contributed by atoms with Crippen molar-refractivity contribution in [2.24, 2.45) is 5.92 Å². The summed E-state index contributed by atoms with van der Waals surface area (Å²) in [6.45, 7) is 2.85. The van der Waals surface area contributed by atoms with Gasteiger partial charge in [0.2, 0.25) is 10.0 Å². The number of fused-ring (bicyclic) bond motifs is 1. The lowest BCUT2D eigenvalue weighted by molar-refractivity contribution is -0.274. The fourth-order valence-electron chi connectivity index (χ4n) is 3.99. The third kappa shape index (κ3) is 6.68. The Hall–Kier alpha value is -2.21. The van der Waals surface area contributed by atoms with E-state index in [1.54, 1.807) is 18.2 Å². The number of piperidine rings is 1. The predicted molar refractivity (Wildman–Crippen MR) is 119 cm³/mol. The zero-order valence-electron chi connectivity index (χ0n) is 18.1. The van der Waals surface area contributed by atoms with Gasteiger partial charge < -0.3 is 14.2 Å². The molecule has 2 heterocycles. The topological polar surface area (TPSA) is 77.1 Å². The molecule has 2 aliphatic heterocycles. The summed E-state index contributed by atoms with van der Waals surface area (Å²) in [5.41, 5.74) is 0. The molecule has 186 valence electrons. The molecular weight excluding hydrogens is 497 g/mol. The normalized spacial score (nSPS) is 19.7. The fraction of sp³-hybridized carbons (Fsp3) is 0.455. The van der Waals surface area contributed by atoms with E-state index in [4.69, 9.17) is 21.1 Å². The third-order valence-corrected chi connectivity index (χ3v) is 7.36. The number of alkyl halides is 3. The molecule has 2 aromatic carbocycles. The van der Waals surface area contributed by atoms with Gasteiger partial charge in [0.05, 0.1) is 4.90 Å². The van der Waals surface area contributed by atoms with Crippen molar-refractivity contribution in [2.75, 3.05) is 32.8 Å². The van der Waals surface area contributed by atoms with Gasteiger partial charge in [-0.15, -0.1) is 13.2 Å². The molecule has 0 unspecified atom stereocenters. The predicted octanol–water partition coefficient (Wildman–Crippen LogP) is 4.07. The molecule has 12 heteroatoms. The van der Waals surface area contributed by atoms with Crippen LogP contribution in [-0.2, 0) is 10.0 Å². The molecule has 7 nitrogen and oxygen atoms in total. The third-order valence-electron chi connectivity index (χ3n) is 5.70. The van der Waals surface area contributed by atoms with Crippen molar-refractivity contribution in [3.05, 3.63) is 47.5 Å². The van der Waals surface area contributed by atoms with Crippen LogP contribution in [0, 0.1) is 5.92 Å². The number of likely N-dealkylation sites (tertiary alicyclic amines) is 1. The first-order chi connectivity index (χ1) is 16.1. The summed E-state index contributed by atoms with van der Waals surface area (Å²) in [4.78, 5) is 1.97. The first-order valence-electron chi connectivity index (χ1n) is 10.7. The van der Waals surface area contributed by atoms with Crippen LogP contribution in [0.25, 0.3) is 0 Å². The second-order valence-corrected chi connectivity index (χ2v) is 10.5. The molecule has 1 fully saturated rings. The summed E-state index contributed by atoms with van der Waals surface area (Å²) in [7, 11) is -3.96. The van der Waals surface area contributed by atoms with Crippen molar-refractivity contribution < 1.29 is 35.8 Å². The summed E-state index contributed by atoms with van der Waals surface area (Å²) in [6.07, 6.45) is -3.48. The lowest BCUT2D eigenvalue weighted by atomic mass is 9.97. The van der Waals surface area contributed by atoms with Crippen molar-refractivity contribution in [2.45, 2.75) is 30.2 Å². The van der Waals surface area contributed by atoms with Gasteiger partial charge in [-0.3, -0.25) is 4.90 Å². The van der Waals surface area contributed by atoms with Crippen molar-refractivity contribution in [1.82, 2.24) is 9.62 Å². The maximum absolute atomic E-state index is 12.5. The summed E-state index contributed by atoms with van der Waals surface area (Å²) in [6, 6.07) is 9.60. The van der Waals surface area contributed by atoms with Crippen LogP contribution < -0.4 is 18.9 Å². The van der Waals surface area contributed by atoms with Crippen LogP contribution in [0.2, 0.25) is 5.02 Å². The average Bonchev–Trinajstić information content (AvgIpc) is 2.77. The van der Waals surface area contributed by atoms with Crippen LogP contribution in [0.15, 0.2) is 47.4 Å². The van der Waals surface area contributed by atoms with Crippen molar-refractivity contribution in [3.63, 3.8) is 0 Å². The Labute approximate surface area is 200 Å². The lowest BCUT2D eigenvalue weighted by Crippen LogP contribution is -2.45. The van der Waals surface area contributed by atoms with Crippen LogP contribution in [0.3, 0.4) is 0 Å². The molecule has 1 atom stereocenters. The van der Waals surface area contributed by atoms with E-state index in [2.05, 4.69) is 14.4 Å². The highest BCUT2D eigenvalue weighted by molar-refractivity contribution is 7.89. The molecule has 34 heavy (non-hydrogen) atoms. The molecule has 0 spiro atoms. The fourth-order valence-corrected chi connectivity index (χ4v) is 5.30. The number of halogens is 4. The average molecular weight is 521 g/mol. The van der Waals surface area contributed by atoms with E-state index < -0.39 is 22.1 Å². The Morgan fingerprint density at radius 3 is 2.62 bits per heavy atom. The first kappa shape index (κ1) is 24.9. The number of hydrogen-bond acceptors (Lipinski definition) is 6.